The second-order valence-corrected chi connectivity index (χ2v) is 10.6. The van der Waals surface area contributed by atoms with Gasteiger partial charge in [0, 0.05) is 11.5 Å². The lowest BCUT2D eigenvalue weighted by atomic mass is 9.79. The molecule has 0 saturated carbocycles. The number of benzene rings is 1. The summed E-state index contributed by atoms with van der Waals surface area (Å²) in [6.45, 7) is 14.8. The molecule has 0 aliphatic heterocycles. The minimum Gasteiger partial charge on any atom is -0.493 e. The van der Waals surface area contributed by atoms with E-state index in [1.54, 1.807) is 7.11 Å². The first-order valence-corrected chi connectivity index (χ1v) is 13.4. The van der Waals surface area contributed by atoms with Crippen LogP contribution in [0.15, 0.2) is 6.07 Å². The van der Waals surface area contributed by atoms with Crippen molar-refractivity contribution in [3.63, 3.8) is 0 Å². The van der Waals surface area contributed by atoms with Crippen LogP contribution in [0.3, 0.4) is 0 Å². The fourth-order valence-corrected chi connectivity index (χ4v) is 4.89. The van der Waals surface area contributed by atoms with Gasteiger partial charge in [-0.05, 0) is 49.3 Å². The van der Waals surface area contributed by atoms with Gasteiger partial charge in [-0.1, -0.05) is 73.6 Å². The van der Waals surface area contributed by atoms with Crippen molar-refractivity contribution in [1.29, 1.82) is 0 Å². The topological polar surface area (TPSA) is 83.4 Å². The number of nitrogen functional groups attached to an aromatic ring is 1. The van der Waals surface area contributed by atoms with Crippen molar-refractivity contribution in [2.75, 3.05) is 26.0 Å². The van der Waals surface area contributed by atoms with Crippen LogP contribution in [-0.2, 0) is 11.8 Å². The van der Waals surface area contributed by atoms with Gasteiger partial charge in [0.25, 0.3) is 0 Å². The summed E-state index contributed by atoms with van der Waals surface area (Å²) >= 11 is 0. The molecule has 192 valence electrons. The number of aryl methyl sites for hydroxylation is 1. The number of pyridine rings is 1. The third-order valence-corrected chi connectivity index (χ3v) is 6.72. The smallest absolute Gasteiger partial charge is 0.170 e. The van der Waals surface area contributed by atoms with Crippen molar-refractivity contribution in [2.45, 2.75) is 111 Å². The Morgan fingerprint density at radius 1 is 1.03 bits per heavy atom. The highest BCUT2D eigenvalue weighted by Gasteiger charge is 2.29. The standard InChI is InChI=1S/C29H49N3O2/c1-8-10-11-12-13-14-18-34-27-23(33-7)19-22(31)26-25(27)21(9-2)24(20(3)16-15-17-30)28(32-26)29(4,5)6/h19-20H,8-18,30-31H2,1-7H3. The molecule has 0 aliphatic carbocycles. The molecule has 4 N–H and O–H groups in total. The predicted octanol–water partition coefficient (Wildman–Crippen LogP) is 7.27. The summed E-state index contributed by atoms with van der Waals surface area (Å²) in [5.41, 5.74) is 17.5. The van der Waals surface area contributed by atoms with Crippen LogP contribution >= 0.6 is 0 Å². The highest BCUT2D eigenvalue weighted by Crippen LogP contribution is 2.45. The van der Waals surface area contributed by atoms with Crippen molar-refractivity contribution < 1.29 is 9.47 Å². The van der Waals surface area contributed by atoms with Crippen molar-refractivity contribution in [3.8, 4) is 11.5 Å². The SMILES string of the molecule is CCCCCCCCOc1c(OC)cc(N)c2nc(C(C)(C)C)c(C(C)CCCN)c(CC)c12. The Balaban J connectivity index is 2.62. The first-order chi connectivity index (χ1) is 16.2. The van der Waals surface area contributed by atoms with E-state index < -0.39 is 0 Å². The maximum Gasteiger partial charge on any atom is 0.170 e. The number of methoxy groups -OCH3 is 1. The first kappa shape index (κ1) is 28.2. The molecule has 0 aliphatic rings. The van der Waals surface area contributed by atoms with E-state index in [0.29, 0.717) is 30.5 Å². The first-order valence-electron chi connectivity index (χ1n) is 13.4. The van der Waals surface area contributed by atoms with Crippen molar-refractivity contribution in [2.24, 2.45) is 5.73 Å². The predicted molar refractivity (Wildman–Crippen MR) is 146 cm³/mol. The zero-order valence-electron chi connectivity index (χ0n) is 22.9. The highest BCUT2D eigenvalue weighted by molar-refractivity contribution is 5.99. The average Bonchev–Trinajstić information content (AvgIpc) is 2.80. The van der Waals surface area contributed by atoms with Crippen LogP contribution in [0.25, 0.3) is 10.9 Å². The van der Waals surface area contributed by atoms with E-state index in [4.69, 9.17) is 25.9 Å². The maximum absolute atomic E-state index is 6.55. The number of nitrogens with two attached hydrogens (primary N) is 2. The van der Waals surface area contributed by atoms with E-state index >= 15 is 0 Å². The van der Waals surface area contributed by atoms with Gasteiger partial charge in [0.2, 0.25) is 0 Å². The zero-order chi connectivity index (χ0) is 25.3. The number of hydrogen-bond acceptors (Lipinski definition) is 5. The molecule has 1 unspecified atom stereocenters. The number of ether oxygens (including phenoxy) is 2. The van der Waals surface area contributed by atoms with Crippen molar-refractivity contribution in [1.82, 2.24) is 4.98 Å². The van der Waals surface area contributed by atoms with E-state index in [-0.39, 0.29) is 5.41 Å². The molecule has 0 spiro atoms. The molecule has 34 heavy (non-hydrogen) atoms. The Labute approximate surface area is 208 Å². The van der Waals surface area contributed by atoms with Crippen molar-refractivity contribution >= 4 is 16.6 Å². The molecule has 1 aromatic heterocycles. The Bertz CT molecular complexity index is 918. The molecule has 1 atom stereocenters. The maximum atomic E-state index is 6.55. The van der Waals surface area contributed by atoms with Crippen LogP contribution < -0.4 is 20.9 Å². The van der Waals surface area contributed by atoms with Gasteiger partial charge in [0.1, 0.15) is 0 Å². The average molecular weight is 472 g/mol. The molecule has 0 radical (unpaired) electrons. The number of nitrogens with zero attached hydrogens (tertiary/aromatic N) is 1. The zero-order valence-corrected chi connectivity index (χ0v) is 22.9. The number of fused-ring (bicyclic) bond motifs is 1. The van der Waals surface area contributed by atoms with Crippen LogP contribution in [-0.4, -0.2) is 25.2 Å². The largest absolute Gasteiger partial charge is 0.493 e. The third kappa shape index (κ3) is 6.78. The lowest BCUT2D eigenvalue weighted by molar-refractivity contribution is 0.288. The highest BCUT2D eigenvalue weighted by atomic mass is 16.5. The lowest BCUT2D eigenvalue weighted by Gasteiger charge is -2.29. The summed E-state index contributed by atoms with van der Waals surface area (Å²) in [6.07, 6.45) is 10.3. The molecule has 0 saturated heterocycles. The molecule has 2 aromatic rings. The minimum atomic E-state index is -0.101. The molecule has 1 heterocycles. The van der Waals surface area contributed by atoms with E-state index in [2.05, 4.69) is 41.5 Å². The molecule has 0 fully saturated rings. The van der Waals surface area contributed by atoms with Gasteiger partial charge >= 0.3 is 0 Å². The fraction of sp³-hybridized carbons (Fsp3) is 0.690. The Morgan fingerprint density at radius 2 is 1.71 bits per heavy atom. The van der Waals surface area contributed by atoms with Gasteiger partial charge in [0.05, 0.1) is 36.0 Å². The normalized spacial score (nSPS) is 12.8. The summed E-state index contributed by atoms with van der Waals surface area (Å²) in [5, 5.41) is 1.02. The molecular formula is C29H49N3O2. The number of aromatic nitrogens is 1. The van der Waals surface area contributed by atoms with Crippen LogP contribution in [0.2, 0.25) is 0 Å². The number of rotatable bonds is 14. The van der Waals surface area contributed by atoms with Gasteiger partial charge in [-0.3, -0.25) is 0 Å². The molecule has 0 amide bonds. The van der Waals surface area contributed by atoms with Gasteiger partial charge in [-0.15, -0.1) is 0 Å². The van der Waals surface area contributed by atoms with Gasteiger partial charge < -0.3 is 20.9 Å². The van der Waals surface area contributed by atoms with Crippen LogP contribution in [0, 0.1) is 0 Å². The second-order valence-electron chi connectivity index (χ2n) is 10.6. The molecule has 1 aromatic carbocycles. The van der Waals surface area contributed by atoms with E-state index in [9.17, 15) is 0 Å². The van der Waals surface area contributed by atoms with Gasteiger partial charge in [-0.2, -0.15) is 0 Å². The fourth-order valence-electron chi connectivity index (χ4n) is 4.89. The summed E-state index contributed by atoms with van der Waals surface area (Å²) in [6, 6.07) is 1.87. The minimum absolute atomic E-state index is 0.101. The summed E-state index contributed by atoms with van der Waals surface area (Å²) in [7, 11) is 1.69. The monoisotopic (exact) mass is 471 g/mol. The van der Waals surface area contributed by atoms with Crippen LogP contribution in [0.1, 0.15) is 116 Å². The summed E-state index contributed by atoms with van der Waals surface area (Å²) < 4.78 is 12.2. The number of hydrogen-bond donors (Lipinski definition) is 2. The second kappa shape index (κ2) is 13.2. The van der Waals surface area contributed by atoms with Crippen LogP contribution in [0.4, 0.5) is 5.69 Å². The molecular weight excluding hydrogens is 422 g/mol. The van der Waals surface area contributed by atoms with E-state index in [1.807, 2.05) is 6.07 Å². The lowest BCUT2D eigenvalue weighted by Crippen LogP contribution is -2.21. The quantitative estimate of drug-likeness (QED) is 0.224. The third-order valence-electron chi connectivity index (χ3n) is 6.72. The molecule has 0 bridgehead atoms. The Hall–Kier alpha value is -2.01. The molecule has 5 nitrogen and oxygen atoms in total. The van der Waals surface area contributed by atoms with E-state index in [0.717, 1.165) is 48.0 Å². The molecule has 2 rings (SSSR count). The summed E-state index contributed by atoms with van der Waals surface area (Å²) in [4.78, 5) is 5.21. The Kier molecular flexibility index (Phi) is 10.9. The van der Waals surface area contributed by atoms with Gasteiger partial charge in [0.15, 0.2) is 11.5 Å². The molecule has 5 heteroatoms. The van der Waals surface area contributed by atoms with Gasteiger partial charge in [-0.25, -0.2) is 4.98 Å². The van der Waals surface area contributed by atoms with Crippen molar-refractivity contribution in [3.05, 3.63) is 22.9 Å². The number of anilines is 1. The number of unbranched alkanes of at least 4 members (excludes halogenated alkanes) is 5. The van der Waals surface area contributed by atoms with Crippen LogP contribution in [0.5, 0.6) is 11.5 Å². The summed E-state index contributed by atoms with van der Waals surface area (Å²) in [5.74, 6) is 1.83. The Morgan fingerprint density at radius 3 is 2.29 bits per heavy atom. The van der Waals surface area contributed by atoms with E-state index in [1.165, 1.54) is 43.2 Å².